The van der Waals surface area contributed by atoms with Crippen LogP contribution in [0.2, 0.25) is 5.02 Å². The average molecular weight is 528 g/mol. The van der Waals surface area contributed by atoms with Gasteiger partial charge >= 0.3 is 0 Å². The highest BCUT2D eigenvalue weighted by atomic mass is 35.5. The number of benzene rings is 1. The Hall–Kier alpha value is -2.73. The first-order valence-electron chi connectivity index (χ1n) is 10.0. The molecule has 0 aliphatic carbocycles. The van der Waals surface area contributed by atoms with Crippen molar-refractivity contribution in [3.05, 3.63) is 58.8 Å². The molecule has 1 aliphatic rings. The van der Waals surface area contributed by atoms with E-state index in [1.807, 2.05) is 6.07 Å². The topological polar surface area (TPSA) is 126 Å². The summed E-state index contributed by atoms with van der Waals surface area (Å²) in [5.74, 6) is -4.40. The summed E-state index contributed by atoms with van der Waals surface area (Å²) < 4.78 is 53.4. The quantitative estimate of drug-likeness (QED) is 0.465. The molecule has 14 heteroatoms. The van der Waals surface area contributed by atoms with Crippen LogP contribution in [0.15, 0.2) is 35.5 Å². The van der Waals surface area contributed by atoms with Crippen LogP contribution in [0.3, 0.4) is 0 Å². The van der Waals surface area contributed by atoms with Gasteiger partial charge in [-0.3, -0.25) is 0 Å². The first-order chi connectivity index (χ1) is 16.8. The zero-order valence-corrected chi connectivity index (χ0v) is 19.4. The molecule has 0 saturated carbocycles. The van der Waals surface area contributed by atoms with E-state index in [4.69, 9.17) is 21.1 Å². The summed E-state index contributed by atoms with van der Waals surface area (Å²) in [4.78, 5) is 4.36. The number of pyridine rings is 1. The van der Waals surface area contributed by atoms with E-state index in [0.29, 0.717) is 4.90 Å². The molecule has 1 aliphatic heterocycles. The second kappa shape index (κ2) is 10.5. The minimum Gasteiger partial charge on any atom is -0.394 e. The normalized spacial score (nSPS) is 24.3. The van der Waals surface area contributed by atoms with Crippen molar-refractivity contribution in [1.82, 2.24) is 20.0 Å². The minimum atomic E-state index is -1.61. The van der Waals surface area contributed by atoms with E-state index in [2.05, 4.69) is 15.3 Å². The Labute approximate surface area is 206 Å². The fourth-order valence-electron chi connectivity index (χ4n) is 3.69. The van der Waals surface area contributed by atoms with E-state index in [1.165, 1.54) is 30.3 Å². The number of nitriles is 1. The zero-order valence-electron chi connectivity index (χ0n) is 17.8. The fraction of sp³-hybridized carbons (Fsp3) is 0.333. The molecule has 0 amide bonds. The average Bonchev–Trinajstić information content (AvgIpc) is 3.32. The van der Waals surface area contributed by atoms with Crippen molar-refractivity contribution < 1.29 is 32.9 Å². The third-order valence-electron chi connectivity index (χ3n) is 5.36. The Morgan fingerprint density at radius 2 is 2.00 bits per heavy atom. The number of aromatic nitrogens is 4. The molecule has 184 valence electrons. The maximum Gasteiger partial charge on any atom is 0.194 e. The van der Waals surface area contributed by atoms with Crippen LogP contribution in [0.1, 0.15) is 11.7 Å². The van der Waals surface area contributed by atoms with Gasteiger partial charge in [0, 0.05) is 23.8 Å². The molecule has 2 aromatic heterocycles. The molecule has 1 fully saturated rings. The van der Waals surface area contributed by atoms with E-state index < -0.39 is 53.8 Å². The lowest BCUT2D eigenvalue weighted by atomic mass is 9.97. The van der Waals surface area contributed by atoms with Gasteiger partial charge in [0.05, 0.1) is 17.8 Å². The SMILES string of the molecule is CO[C@@H]1[C@@H](n2cc(-c3cc(F)c(F)c(F)c3)nn2)[C@@H](O)[C@@H](CO)O[C@@H]1Sc1cc(Cl)cnc1C#N. The molecule has 1 aromatic carbocycles. The number of nitrogens with zero attached hydrogens (tertiary/aromatic N) is 5. The molecule has 3 heterocycles. The van der Waals surface area contributed by atoms with Crippen molar-refractivity contribution in [2.75, 3.05) is 13.7 Å². The van der Waals surface area contributed by atoms with Crippen LogP contribution in [0, 0.1) is 28.8 Å². The molecule has 0 spiro atoms. The van der Waals surface area contributed by atoms with E-state index in [0.717, 1.165) is 23.9 Å². The van der Waals surface area contributed by atoms with Crippen molar-refractivity contribution in [2.45, 2.75) is 34.7 Å². The number of halogens is 4. The summed E-state index contributed by atoms with van der Waals surface area (Å²) in [7, 11) is 1.37. The lowest BCUT2D eigenvalue weighted by Gasteiger charge is -2.43. The number of hydrogen-bond acceptors (Lipinski definition) is 9. The molecule has 0 bridgehead atoms. The van der Waals surface area contributed by atoms with Gasteiger partial charge in [-0.25, -0.2) is 22.8 Å². The van der Waals surface area contributed by atoms with Crippen molar-refractivity contribution in [3.8, 4) is 17.3 Å². The van der Waals surface area contributed by atoms with Gasteiger partial charge in [0.1, 0.15) is 41.6 Å². The standard InChI is InChI=1S/C21H17ClF3N5O4S/c1-33-20-18(30-7-14(28-29-30)9-2-11(23)17(25)12(24)3-9)19(32)15(8-31)34-21(20)35-16-4-10(22)6-27-13(16)5-26/h2-4,6-7,15,18-21,31-32H,8H2,1H3/t15-,18+,19+,20-,21-/m1/s1. The number of thioether (sulfide) groups is 1. The minimum absolute atomic E-state index is 0.00639. The molecule has 9 nitrogen and oxygen atoms in total. The fourth-order valence-corrected chi connectivity index (χ4v) is 5.17. The third kappa shape index (κ3) is 4.99. The Morgan fingerprint density at radius 1 is 1.29 bits per heavy atom. The molecule has 3 aromatic rings. The second-order valence-electron chi connectivity index (χ2n) is 7.47. The summed E-state index contributed by atoms with van der Waals surface area (Å²) in [6.07, 6.45) is -0.684. The molecule has 5 atom stereocenters. The van der Waals surface area contributed by atoms with E-state index >= 15 is 0 Å². The van der Waals surface area contributed by atoms with E-state index in [9.17, 15) is 28.6 Å². The number of aliphatic hydroxyl groups is 2. The Kier molecular flexibility index (Phi) is 7.60. The molecule has 2 N–H and O–H groups in total. The predicted molar refractivity (Wildman–Crippen MR) is 117 cm³/mol. The van der Waals surface area contributed by atoms with Crippen LogP contribution < -0.4 is 0 Å². The lowest BCUT2D eigenvalue weighted by molar-refractivity contribution is -0.186. The first kappa shape index (κ1) is 25.4. The molecular formula is C21H17ClF3N5O4S. The highest BCUT2D eigenvalue weighted by Gasteiger charge is 2.47. The Bertz CT molecular complexity index is 1250. The maximum atomic E-state index is 13.7. The zero-order chi connectivity index (χ0) is 25.3. The van der Waals surface area contributed by atoms with Gasteiger partial charge in [-0.2, -0.15) is 5.26 Å². The van der Waals surface area contributed by atoms with Gasteiger partial charge < -0.3 is 19.7 Å². The van der Waals surface area contributed by atoms with E-state index in [-0.39, 0.29) is 22.0 Å². The largest absolute Gasteiger partial charge is 0.394 e. The summed E-state index contributed by atoms with van der Waals surface area (Å²) in [6, 6.07) is 4.04. The van der Waals surface area contributed by atoms with Gasteiger partial charge in [-0.15, -0.1) is 5.10 Å². The van der Waals surface area contributed by atoms with Crippen LogP contribution in [0.5, 0.6) is 0 Å². The maximum absolute atomic E-state index is 13.7. The summed E-state index contributed by atoms with van der Waals surface area (Å²) in [5, 5.41) is 38.2. The van der Waals surface area contributed by atoms with Gasteiger partial charge in [-0.1, -0.05) is 28.6 Å². The molecule has 0 unspecified atom stereocenters. The molecule has 1 saturated heterocycles. The monoisotopic (exact) mass is 527 g/mol. The first-order valence-corrected chi connectivity index (χ1v) is 11.3. The van der Waals surface area contributed by atoms with Crippen LogP contribution in [-0.2, 0) is 9.47 Å². The van der Waals surface area contributed by atoms with Crippen LogP contribution in [0.25, 0.3) is 11.3 Å². The predicted octanol–water partition coefficient (Wildman–Crippen LogP) is 2.71. The molecule has 0 radical (unpaired) electrons. The second-order valence-corrected chi connectivity index (χ2v) is 9.05. The molecular weight excluding hydrogens is 511 g/mol. The van der Waals surface area contributed by atoms with Crippen LogP contribution in [0.4, 0.5) is 13.2 Å². The number of methoxy groups -OCH3 is 1. The third-order valence-corrected chi connectivity index (χ3v) is 6.74. The van der Waals surface area contributed by atoms with Gasteiger partial charge in [0.25, 0.3) is 0 Å². The number of rotatable bonds is 6. The molecule has 35 heavy (non-hydrogen) atoms. The van der Waals surface area contributed by atoms with Crippen molar-refractivity contribution >= 4 is 23.4 Å². The number of ether oxygens (including phenoxy) is 2. The smallest absolute Gasteiger partial charge is 0.194 e. The summed E-state index contributed by atoms with van der Waals surface area (Å²) in [6.45, 7) is -0.556. The molecule has 4 rings (SSSR count). The number of aliphatic hydroxyl groups excluding tert-OH is 2. The van der Waals surface area contributed by atoms with Crippen molar-refractivity contribution in [1.29, 1.82) is 5.26 Å². The Balaban J connectivity index is 1.70. The van der Waals surface area contributed by atoms with Gasteiger partial charge in [0.2, 0.25) is 0 Å². The van der Waals surface area contributed by atoms with Crippen molar-refractivity contribution in [2.24, 2.45) is 0 Å². The highest BCUT2D eigenvalue weighted by molar-refractivity contribution is 7.99. The lowest BCUT2D eigenvalue weighted by Crippen LogP contribution is -2.55. The van der Waals surface area contributed by atoms with Crippen LogP contribution in [-0.4, -0.2) is 67.7 Å². The van der Waals surface area contributed by atoms with Gasteiger partial charge in [-0.05, 0) is 18.2 Å². The number of hydrogen-bond donors (Lipinski definition) is 2. The van der Waals surface area contributed by atoms with Crippen molar-refractivity contribution in [3.63, 3.8) is 0 Å². The van der Waals surface area contributed by atoms with Crippen LogP contribution >= 0.6 is 23.4 Å². The van der Waals surface area contributed by atoms with E-state index in [1.54, 1.807) is 0 Å². The summed E-state index contributed by atoms with van der Waals surface area (Å²) >= 11 is 7.07. The Morgan fingerprint density at radius 3 is 2.63 bits per heavy atom. The van der Waals surface area contributed by atoms with Gasteiger partial charge in [0.15, 0.2) is 23.1 Å². The summed E-state index contributed by atoms with van der Waals surface area (Å²) in [5.41, 5.74) is -0.848. The highest BCUT2D eigenvalue weighted by Crippen LogP contribution is 2.40.